The largest absolute Gasteiger partial charge is 0.491 e. The van der Waals surface area contributed by atoms with Crippen molar-refractivity contribution in [1.82, 2.24) is 5.32 Å². The molecule has 0 aliphatic rings. The van der Waals surface area contributed by atoms with Gasteiger partial charge in [-0.1, -0.05) is 23.7 Å². The number of hydrogen-bond donors (Lipinski definition) is 2. The standard InChI is InChI=1S/C15H18ClNO2S/c1-11(15-6-3-7-20-15)17-9-13(18)10-19-14-5-2-4-12(16)8-14/h2-8,11,13,17-18H,9-10H2,1H3/t11-,13?/m1/s1. The molecule has 0 spiro atoms. The van der Waals surface area contributed by atoms with Crippen LogP contribution in [0.25, 0.3) is 0 Å². The highest BCUT2D eigenvalue weighted by Gasteiger charge is 2.10. The van der Waals surface area contributed by atoms with E-state index >= 15 is 0 Å². The normalized spacial score (nSPS) is 13.9. The molecule has 2 rings (SSSR count). The van der Waals surface area contributed by atoms with Crippen LogP contribution in [0.15, 0.2) is 41.8 Å². The van der Waals surface area contributed by atoms with Crippen LogP contribution < -0.4 is 10.1 Å². The minimum atomic E-state index is -0.559. The number of ether oxygens (including phenoxy) is 1. The zero-order chi connectivity index (χ0) is 14.4. The Morgan fingerprint density at radius 1 is 1.35 bits per heavy atom. The van der Waals surface area contributed by atoms with Gasteiger partial charge in [0.1, 0.15) is 18.5 Å². The van der Waals surface area contributed by atoms with E-state index in [0.717, 1.165) is 0 Å². The summed E-state index contributed by atoms with van der Waals surface area (Å²) in [5, 5.41) is 15.9. The first-order valence-corrected chi connectivity index (χ1v) is 7.74. The predicted octanol–water partition coefficient (Wildman–Crippen LogP) is 3.49. The van der Waals surface area contributed by atoms with Crippen LogP contribution in [0.5, 0.6) is 5.75 Å². The topological polar surface area (TPSA) is 41.5 Å². The number of nitrogens with one attached hydrogen (secondary N) is 1. The Hall–Kier alpha value is -1.07. The zero-order valence-corrected chi connectivity index (χ0v) is 12.8. The van der Waals surface area contributed by atoms with Crippen LogP contribution in [0.4, 0.5) is 0 Å². The molecule has 2 aromatic rings. The second-order valence-electron chi connectivity index (χ2n) is 4.57. The van der Waals surface area contributed by atoms with E-state index in [2.05, 4.69) is 18.3 Å². The number of thiophene rings is 1. The van der Waals surface area contributed by atoms with Crippen LogP contribution in [0.1, 0.15) is 17.8 Å². The Kier molecular flexibility index (Phi) is 5.86. The van der Waals surface area contributed by atoms with Gasteiger partial charge in [0.25, 0.3) is 0 Å². The van der Waals surface area contributed by atoms with E-state index in [4.69, 9.17) is 16.3 Å². The van der Waals surface area contributed by atoms with Crippen LogP contribution in [0.3, 0.4) is 0 Å². The van der Waals surface area contributed by atoms with Gasteiger partial charge in [0, 0.05) is 22.5 Å². The number of hydrogen-bond acceptors (Lipinski definition) is 4. The molecule has 0 saturated heterocycles. The van der Waals surface area contributed by atoms with Crippen molar-refractivity contribution in [1.29, 1.82) is 0 Å². The summed E-state index contributed by atoms with van der Waals surface area (Å²) in [4.78, 5) is 1.26. The number of aliphatic hydroxyl groups is 1. The van der Waals surface area contributed by atoms with Gasteiger partial charge in [0.15, 0.2) is 0 Å². The summed E-state index contributed by atoms with van der Waals surface area (Å²) in [6.07, 6.45) is -0.559. The van der Waals surface area contributed by atoms with Gasteiger partial charge in [-0.3, -0.25) is 0 Å². The molecule has 0 aliphatic heterocycles. The molecule has 0 aliphatic carbocycles. The maximum absolute atomic E-state index is 9.91. The molecule has 0 amide bonds. The lowest BCUT2D eigenvalue weighted by Crippen LogP contribution is -2.32. The summed E-state index contributed by atoms with van der Waals surface area (Å²) in [6, 6.07) is 11.5. The van der Waals surface area contributed by atoms with Crippen molar-refractivity contribution < 1.29 is 9.84 Å². The van der Waals surface area contributed by atoms with Crippen molar-refractivity contribution in [3.8, 4) is 5.75 Å². The fourth-order valence-corrected chi connectivity index (χ4v) is 2.70. The summed E-state index contributed by atoms with van der Waals surface area (Å²) in [7, 11) is 0. The SMILES string of the molecule is C[C@@H](NCC(O)COc1cccc(Cl)c1)c1cccs1. The lowest BCUT2D eigenvalue weighted by Gasteiger charge is -2.16. The van der Waals surface area contributed by atoms with Gasteiger partial charge in [-0.15, -0.1) is 11.3 Å². The molecule has 2 atom stereocenters. The van der Waals surface area contributed by atoms with Gasteiger partial charge in [-0.2, -0.15) is 0 Å². The van der Waals surface area contributed by atoms with E-state index in [1.165, 1.54) is 4.88 Å². The first-order valence-electron chi connectivity index (χ1n) is 6.48. The Bertz CT molecular complexity index is 518. The lowest BCUT2D eigenvalue weighted by atomic mass is 10.2. The highest BCUT2D eigenvalue weighted by Crippen LogP contribution is 2.18. The first-order chi connectivity index (χ1) is 9.65. The minimum absolute atomic E-state index is 0.232. The summed E-state index contributed by atoms with van der Waals surface area (Å²) in [5.41, 5.74) is 0. The van der Waals surface area contributed by atoms with Crippen molar-refractivity contribution >= 4 is 22.9 Å². The van der Waals surface area contributed by atoms with Crippen LogP contribution >= 0.6 is 22.9 Å². The molecule has 1 aromatic carbocycles. The van der Waals surface area contributed by atoms with Crippen LogP contribution in [0.2, 0.25) is 5.02 Å². The molecule has 3 nitrogen and oxygen atoms in total. The molecule has 2 N–H and O–H groups in total. The molecule has 108 valence electrons. The van der Waals surface area contributed by atoms with Crippen molar-refractivity contribution in [2.45, 2.75) is 19.1 Å². The molecular weight excluding hydrogens is 294 g/mol. The summed E-state index contributed by atoms with van der Waals surface area (Å²) in [5.74, 6) is 0.669. The molecule has 5 heteroatoms. The summed E-state index contributed by atoms with van der Waals surface area (Å²) >= 11 is 7.57. The summed E-state index contributed by atoms with van der Waals surface area (Å²) < 4.78 is 5.50. The smallest absolute Gasteiger partial charge is 0.120 e. The Labute approximate surface area is 128 Å². The van der Waals surface area contributed by atoms with Crippen molar-refractivity contribution in [3.63, 3.8) is 0 Å². The average molecular weight is 312 g/mol. The second-order valence-corrected chi connectivity index (χ2v) is 5.98. The number of halogens is 1. The molecule has 1 heterocycles. The predicted molar refractivity (Wildman–Crippen MR) is 83.7 cm³/mol. The van der Waals surface area contributed by atoms with Gasteiger partial charge >= 0.3 is 0 Å². The van der Waals surface area contributed by atoms with E-state index in [-0.39, 0.29) is 12.6 Å². The molecule has 20 heavy (non-hydrogen) atoms. The summed E-state index contributed by atoms with van der Waals surface area (Å²) in [6.45, 7) is 2.81. The lowest BCUT2D eigenvalue weighted by molar-refractivity contribution is 0.104. The third kappa shape index (κ3) is 4.80. The zero-order valence-electron chi connectivity index (χ0n) is 11.3. The minimum Gasteiger partial charge on any atom is -0.491 e. The monoisotopic (exact) mass is 311 g/mol. The number of rotatable bonds is 7. The highest BCUT2D eigenvalue weighted by molar-refractivity contribution is 7.10. The van der Waals surface area contributed by atoms with E-state index in [0.29, 0.717) is 17.3 Å². The van der Waals surface area contributed by atoms with Gasteiger partial charge in [-0.05, 0) is 36.6 Å². The highest BCUT2D eigenvalue weighted by atomic mass is 35.5. The van der Waals surface area contributed by atoms with Crippen molar-refractivity contribution in [2.24, 2.45) is 0 Å². The van der Waals surface area contributed by atoms with E-state index in [1.54, 1.807) is 23.5 Å². The van der Waals surface area contributed by atoms with Crippen molar-refractivity contribution in [3.05, 3.63) is 51.7 Å². The van der Waals surface area contributed by atoms with Crippen LogP contribution in [-0.2, 0) is 0 Å². The second kappa shape index (κ2) is 7.64. The van der Waals surface area contributed by atoms with Gasteiger partial charge in [-0.25, -0.2) is 0 Å². The van der Waals surface area contributed by atoms with Gasteiger partial charge in [0.05, 0.1) is 0 Å². The fourth-order valence-electron chi connectivity index (χ4n) is 1.76. The first kappa shape index (κ1) is 15.3. The van der Waals surface area contributed by atoms with Gasteiger partial charge < -0.3 is 15.2 Å². The van der Waals surface area contributed by atoms with Crippen molar-refractivity contribution in [2.75, 3.05) is 13.2 Å². The Morgan fingerprint density at radius 2 is 2.20 bits per heavy atom. The third-order valence-electron chi connectivity index (χ3n) is 2.87. The molecule has 1 aromatic heterocycles. The third-order valence-corrected chi connectivity index (χ3v) is 4.16. The fraction of sp³-hybridized carbons (Fsp3) is 0.333. The average Bonchev–Trinajstić information content (AvgIpc) is 2.97. The molecule has 0 bridgehead atoms. The molecule has 0 radical (unpaired) electrons. The number of aliphatic hydroxyl groups excluding tert-OH is 1. The molecule has 0 fully saturated rings. The Balaban J connectivity index is 1.71. The van der Waals surface area contributed by atoms with E-state index < -0.39 is 6.10 Å². The van der Waals surface area contributed by atoms with E-state index in [1.807, 2.05) is 23.6 Å². The molecule has 1 unspecified atom stereocenters. The Morgan fingerprint density at radius 3 is 2.90 bits per heavy atom. The maximum Gasteiger partial charge on any atom is 0.120 e. The quantitative estimate of drug-likeness (QED) is 0.822. The van der Waals surface area contributed by atoms with Crippen LogP contribution in [0, 0.1) is 0 Å². The molecular formula is C15H18ClNO2S. The van der Waals surface area contributed by atoms with E-state index in [9.17, 15) is 5.11 Å². The van der Waals surface area contributed by atoms with Crippen LogP contribution in [-0.4, -0.2) is 24.4 Å². The molecule has 0 saturated carbocycles. The maximum atomic E-state index is 9.91. The number of benzene rings is 1. The van der Waals surface area contributed by atoms with Gasteiger partial charge in [0.2, 0.25) is 0 Å².